The van der Waals surface area contributed by atoms with Crippen molar-refractivity contribution in [2.24, 2.45) is 0 Å². The molecule has 0 N–H and O–H groups in total. The van der Waals surface area contributed by atoms with E-state index in [2.05, 4.69) is 175 Å². The van der Waals surface area contributed by atoms with E-state index in [9.17, 15) is 0 Å². The third-order valence-electron chi connectivity index (χ3n) is 1.39. The zero-order valence-electron chi connectivity index (χ0n) is 6.73. The van der Waals surface area contributed by atoms with Crippen LogP contribution in [0, 0.1) is 0 Å². The van der Waals surface area contributed by atoms with Crippen LogP contribution in [0.2, 0.25) is 0 Å². The first-order valence-electron chi connectivity index (χ1n) is 3.19. The van der Waals surface area contributed by atoms with E-state index in [-0.39, 0.29) is 4.83 Å². The molecule has 0 heterocycles. The van der Waals surface area contributed by atoms with Crippen LogP contribution in [0.25, 0.3) is 0 Å². The molecule has 0 fully saturated rings. The monoisotopic (exact) mass is 929 g/mol. The standard InChI is InChI=1S/C5HBr11/c6-1(2(7,8)4(11,12)13)3(9,10)5(14,15)16/h1H. The second-order valence-corrected chi connectivity index (χ2v) is 24.2. The Kier molecular flexibility index (Phi) is 9.62. The average molecular weight is 940 g/mol. The normalized spacial score (nSPS) is 15.8. The van der Waals surface area contributed by atoms with Gasteiger partial charge in [0.25, 0.3) is 0 Å². The van der Waals surface area contributed by atoms with Crippen molar-refractivity contribution < 1.29 is 0 Å². The molecule has 0 unspecified atom stereocenters. The Bertz CT molecular complexity index is 218. The highest BCUT2D eigenvalue weighted by Gasteiger charge is 2.60. The molecule has 0 aromatic rings. The van der Waals surface area contributed by atoms with Crippen molar-refractivity contribution in [3.63, 3.8) is 0 Å². The van der Waals surface area contributed by atoms with Gasteiger partial charge < -0.3 is 0 Å². The third-order valence-corrected chi connectivity index (χ3v) is 19.6. The second kappa shape index (κ2) is 7.23. The summed E-state index contributed by atoms with van der Waals surface area (Å²) in [5, 5.41) is 0. The van der Waals surface area contributed by atoms with Crippen molar-refractivity contribution >= 4 is 175 Å². The fraction of sp³-hybridized carbons (Fsp3) is 1.00. The number of alkyl halides is 11. The van der Waals surface area contributed by atoms with Crippen molar-refractivity contribution in [2.75, 3.05) is 0 Å². The highest BCUT2D eigenvalue weighted by atomic mass is 80.0. The van der Waals surface area contributed by atoms with Crippen LogP contribution in [0.3, 0.4) is 0 Å². The summed E-state index contributed by atoms with van der Waals surface area (Å²) < 4.78 is -2.22. The molecule has 0 nitrogen and oxygen atoms in total. The molecule has 0 rings (SSSR count). The van der Waals surface area contributed by atoms with E-state index in [1.807, 2.05) is 0 Å². The van der Waals surface area contributed by atoms with Gasteiger partial charge in [0, 0.05) is 0 Å². The molecule has 0 atom stereocenters. The third kappa shape index (κ3) is 5.18. The van der Waals surface area contributed by atoms with Gasteiger partial charge in [0.05, 0.1) is 4.83 Å². The van der Waals surface area contributed by atoms with Gasteiger partial charge in [-0.25, -0.2) is 0 Å². The Hall–Kier alpha value is 5.28. The number of hydrogen-bond acceptors (Lipinski definition) is 0. The lowest BCUT2D eigenvalue weighted by molar-refractivity contribution is 0.771. The summed E-state index contributed by atoms with van der Waals surface area (Å²) in [7, 11) is 0. The molecule has 0 aliphatic rings. The molecule has 0 aliphatic carbocycles. The fourth-order valence-electron chi connectivity index (χ4n) is 0.515. The summed E-state index contributed by atoms with van der Waals surface area (Å²) in [6.07, 6.45) is 0. The van der Waals surface area contributed by atoms with Crippen LogP contribution in [0.4, 0.5) is 0 Å². The number of hydrogen-bond donors (Lipinski definition) is 0. The van der Waals surface area contributed by atoms with Crippen LogP contribution in [0.15, 0.2) is 0 Å². The van der Waals surface area contributed by atoms with Gasteiger partial charge in [-0.2, -0.15) is 0 Å². The van der Waals surface area contributed by atoms with E-state index in [1.54, 1.807) is 0 Å². The predicted octanol–water partition coefficient (Wildman–Crippen LogP) is 8.40. The number of rotatable bonds is 2. The summed E-state index contributed by atoms with van der Waals surface area (Å²) in [6.45, 7) is 0. The van der Waals surface area contributed by atoms with Crippen LogP contribution in [-0.2, 0) is 0 Å². The van der Waals surface area contributed by atoms with E-state index in [1.165, 1.54) is 0 Å². The molecule has 0 spiro atoms. The maximum atomic E-state index is 3.62. The Morgan fingerprint density at radius 2 is 0.688 bits per heavy atom. The highest BCUT2D eigenvalue weighted by molar-refractivity contribution is 9.42. The lowest BCUT2D eigenvalue weighted by Crippen LogP contribution is -2.51. The van der Waals surface area contributed by atoms with Gasteiger partial charge in [-0.3, -0.25) is 0 Å². The Balaban J connectivity index is 5.30. The van der Waals surface area contributed by atoms with Gasteiger partial charge in [0.1, 0.15) is 6.47 Å². The summed E-state index contributed by atoms with van der Waals surface area (Å²) in [4.78, 5) is -0.122. The van der Waals surface area contributed by atoms with Gasteiger partial charge in [-0.1, -0.05) is 175 Å². The zero-order valence-corrected chi connectivity index (χ0v) is 24.2. The van der Waals surface area contributed by atoms with E-state index in [4.69, 9.17) is 0 Å². The van der Waals surface area contributed by atoms with Crippen LogP contribution < -0.4 is 0 Å². The van der Waals surface area contributed by atoms with E-state index in [0.29, 0.717) is 0 Å². The molecular weight excluding hydrogens is 939 g/mol. The molecule has 0 aromatic heterocycles. The minimum Gasteiger partial charge on any atom is -0.0839 e. The molecule has 11 heteroatoms. The minimum absolute atomic E-state index is 0.122. The maximum absolute atomic E-state index is 3.62. The van der Waals surface area contributed by atoms with E-state index in [0.717, 1.165) is 0 Å². The molecule has 0 aliphatic heterocycles. The van der Waals surface area contributed by atoms with Gasteiger partial charge in [-0.15, -0.1) is 0 Å². The van der Waals surface area contributed by atoms with Crippen molar-refractivity contribution in [1.82, 2.24) is 0 Å². The first-order chi connectivity index (χ1) is 6.65. The smallest absolute Gasteiger partial charge is 0.0839 e. The van der Waals surface area contributed by atoms with Crippen molar-refractivity contribution in [1.29, 1.82) is 0 Å². The molecular formula is C5HBr11. The average Bonchev–Trinajstić information content (AvgIpc) is 1.98. The fourth-order valence-corrected chi connectivity index (χ4v) is 7.02. The molecule has 0 saturated heterocycles. The molecule has 0 saturated carbocycles. The van der Waals surface area contributed by atoms with Crippen LogP contribution in [-0.4, -0.2) is 15.6 Å². The van der Waals surface area contributed by atoms with Gasteiger partial charge >= 0.3 is 0 Å². The van der Waals surface area contributed by atoms with Crippen LogP contribution in [0.5, 0.6) is 0 Å². The summed E-state index contributed by atoms with van der Waals surface area (Å²) >= 11 is 38.9. The summed E-state index contributed by atoms with van der Waals surface area (Å²) in [6, 6.07) is 0. The molecule has 16 heavy (non-hydrogen) atoms. The number of halogens is 11. The largest absolute Gasteiger partial charge is 0.161 e. The van der Waals surface area contributed by atoms with Crippen molar-refractivity contribution in [3.05, 3.63) is 0 Å². The Labute approximate surface area is 187 Å². The van der Waals surface area contributed by atoms with Gasteiger partial charge in [0.2, 0.25) is 0 Å². The lowest BCUT2D eigenvalue weighted by Gasteiger charge is -2.43. The summed E-state index contributed by atoms with van der Waals surface area (Å²) in [5.74, 6) is 0. The van der Waals surface area contributed by atoms with E-state index >= 15 is 0 Å². The molecule has 0 radical (unpaired) electrons. The first kappa shape index (κ1) is 21.3. The second-order valence-electron chi connectivity index (χ2n) is 2.60. The minimum atomic E-state index is -0.556. The topological polar surface area (TPSA) is 0 Å². The first-order valence-corrected chi connectivity index (χ1v) is 12.0. The van der Waals surface area contributed by atoms with Gasteiger partial charge in [-0.05, 0) is 0 Å². The van der Waals surface area contributed by atoms with Gasteiger partial charge in [0.15, 0.2) is 4.29 Å². The Morgan fingerprint density at radius 3 is 0.812 bits per heavy atom. The van der Waals surface area contributed by atoms with Crippen LogP contribution in [0.1, 0.15) is 0 Å². The lowest BCUT2D eigenvalue weighted by atomic mass is 10.3. The van der Waals surface area contributed by atoms with Crippen LogP contribution >= 0.6 is 175 Å². The highest BCUT2D eigenvalue weighted by Crippen LogP contribution is 2.65. The molecule has 0 aromatic carbocycles. The SMILES string of the molecule is BrC(C(Br)(Br)C(Br)(Br)Br)C(Br)(Br)C(Br)(Br)Br. The van der Waals surface area contributed by atoms with E-state index < -0.39 is 10.8 Å². The predicted molar refractivity (Wildman–Crippen MR) is 113 cm³/mol. The van der Waals surface area contributed by atoms with Crippen molar-refractivity contribution in [2.45, 2.75) is 15.6 Å². The zero-order chi connectivity index (χ0) is 13.6. The molecule has 0 amide bonds. The maximum Gasteiger partial charge on any atom is 0.161 e. The Morgan fingerprint density at radius 1 is 0.500 bits per heavy atom. The molecule has 98 valence electrons. The summed E-state index contributed by atoms with van der Waals surface area (Å²) in [5.41, 5.74) is 0. The quantitative estimate of drug-likeness (QED) is 0.245. The molecule has 0 bridgehead atoms. The van der Waals surface area contributed by atoms with Crippen molar-refractivity contribution in [3.8, 4) is 0 Å².